The molecule has 2 aromatic rings. The van der Waals surface area contributed by atoms with Gasteiger partial charge < -0.3 is 9.52 Å². The lowest BCUT2D eigenvalue weighted by molar-refractivity contribution is 0.466. The van der Waals surface area contributed by atoms with E-state index < -0.39 is 5.63 Å². The number of aromatic hydroxyl groups is 1. The van der Waals surface area contributed by atoms with E-state index in [9.17, 15) is 9.90 Å². The lowest BCUT2D eigenvalue weighted by Gasteiger charge is -2.07. The normalized spacial score (nSPS) is 12.0. The fraction of sp³-hybridized carbons (Fsp3) is 0.214. The first-order valence-electron chi connectivity index (χ1n) is 5.71. The highest BCUT2D eigenvalue weighted by Gasteiger charge is 2.11. The Morgan fingerprint density at radius 3 is 2.83 bits per heavy atom. The van der Waals surface area contributed by atoms with Crippen LogP contribution in [0.25, 0.3) is 11.0 Å². The number of halogens is 1. The molecule has 0 aliphatic carbocycles. The number of fused-ring (bicyclic) bond motifs is 1. The fourth-order valence-corrected chi connectivity index (χ4v) is 2.10. The van der Waals surface area contributed by atoms with E-state index in [0.717, 1.165) is 11.8 Å². The Labute approximate surface area is 109 Å². The summed E-state index contributed by atoms with van der Waals surface area (Å²) in [6.07, 6.45) is 3.03. The van der Waals surface area contributed by atoms with Gasteiger partial charge in [0.15, 0.2) is 0 Å². The topological polar surface area (TPSA) is 50.4 Å². The SMILES string of the molecule is CCC=C(Cl)Cc1c(O)ccc2ccc(=O)oc12. The lowest BCUT2D eigenvalue weighted by atomic mass is 10.1. The molecule has 1 heterocycles. The number of phenols is 1. The third-order valence-corrected chi connectivity index (χ3v) is 2.93. The van der Waals surface area contributed by atoms with E-state index in [2.05, 4.69) is 0 Å². The second-order valence-corrected chi connectivity index (χ2v) is 4.46. The molecule has 1 N–H and O–H groups in total. The molecule has 0 bridgehead atoms. The minimum Gasteiger partial charge on any atom is -0.508 e. The number of benzene rings is 1. The van der Waals surface area contributed by atoms with Gasteiger partial charge in [-0.2, -0.15) is 0 Å². The summed E-state index contributed by atoms with van der Waals surface area (Å²) < 4.78 is 5.15. The van der Waals surface area contributed by atoms with Crippen molar-refractivity contribution >= 4 is 22.6 Å². The van der Waals surface area contributed by atoms with E-state index in [1.807, 2.05) is 13.0 Å². The zero-order valence-electron chi connectivity index (χ0n) is 9.94. The van der Waals surface area contributed by atoms with Crippen LogP contribution in [0.1, 0.15) is 18.9 Å². The average Bonchev–Trinajstić information content (AvgIpc) is 2.33. The summed E-state index contributed by atoms with van der Waals surface area (Å²) in [6, 6.07) is 6.30. The van der Waals surface area contributed by atoms with Gasteiger partial charge in [0.25, 0.3) is 0 Å². The monoisotopic (exact) mass is 264 g/mol. The van der Waals surface area contributed by atoms with Gasteiger partial charge in [0.1, 0.15) is 11.3 Å². The van der Waals surface area contributed by atoms with Gasteiger partial charge in [0.2, 0.25) is 0 Å². The van der Waals surface area contributed by atoms with Crippen molar-refractivity contribution < 1.29 is 9.52 Å². The van der Waals surface area contributed by atoms with Crippen LogP contribution in [-0.2, 0) is 6.42 Å². The Kier molecular flexibility index (Phi) is 3.72. The molecule has 0 aliphatic heterocycles. The molecule has 0 aliphatic rings. The Morgan fingerprint density at radius 1 is 1.39 bits per heavy atom. The Balaban J connectivity index is 2.60. The molecule has 0 fully saturated rings. The zero-order chi connectivity index (χ0) is 13.1. The zero-order valence-corrected chi connectivity index (χ0v) is 10.7. The molecule has 0 atom stereocenters. The molecule has 0 amide bonds. The van der Waals surface area contributed by atoms with Gasteiger partial charge in [0.05, 0.1) is 0 Å². The Morgan fingerprint density at radius 2 is 2.11 bits per heavy atom. The van der Waals surface area contributed by atoms with Crippen LogP contribution in [0.2, 0.25) is 0 Å². The molecule has 0 radical (unpaired) electrons. The molecule has 4 heteroatoms. The van der Waals surface area contributed by atoms with Crippen LogP contribution < -0.4 is 5.63 Å². The van der Waals surface area contributed by atoms with Gasteiger partial charge in [-0.05, 0) is 24.6 Å². The third kappa shape index (κ3) is 2.57. The minimum absolute atomic E-state index is 0.0829. The number of rotatable bonds is 3. The van der Waals surface area contributed by atoms with Crippen molar-refractivity contribution in [1.82, 2.24) is 0 Å². The van der Waals surface area contributed by atoms with Crippen LogP contribution in [0.15, 0.2) is 44.6 Å². The highest BCUT2D eigenvalue weighted by Crippen LogP contribution is 2.29. The van der Waals surface area contributed by atoms with Crippen molar-refractivity contribution in [3.8, 4) is 5.75 Å². The molecule has 0 unspecified atom stereocenters. The molecule has 2 rings (SSSR count). The van der Waals surface area contributed by atoms with E-state index >= 15 is 0 Å². The highest BCUT2D eigenvalue weighted by atomic mass is 35.5. The molecule has 1 aromatic heterocycles. The maximum Gasteiger partial charge on any atom is 0.336 e. The van der Waals surface area contributed by atoms with E-state index in [0.29, 0.717) is 22.6 Å². The molecule has 0 saturated heterocycles. The van der Waals surface area contributed by atoms with E-state index in [1.54, 1.807) is 18.2 Å². The largest absolute Gasteiger partial charge is 0.508 e. The van der Waals surface area contributed by atoms with E-state index in [-0.39, 0.29) is 5.75 Å². The summed E-state index contributed by atoms with van der Waals surface area (Å²) in [5.41, 5.74) is 0.495. The first-order valence-corrected chi connectivity index (χ1v) is 6.09. The van der Waals surface area contributed by atoms with Crippen LogP contribution in [0.3, 0.4) is 0 Å². The molecule has 94 valence electrons. The molecule has 0 spiro atoms. The maximum absolute atomic E-state index is 11.3. The molecule has 0 saturated carbocycles. The first-order chi connectivity index (χ1) is 8.61. The second-order valence-electron chi connectivity index (χ2n) is 3.97. The van der Waals surface area contributed by atoms with Gasteiger partial charge in [-0.15, -0.1) is 0 Å². The molecule has 1 aromatic carbocycles. The van der Waals surface area contributed by atoms with Gasteiger partial charge in [-0.3, -0.25) is 0 Å². The molecular formula is C14H13ClO3. The summed E-state index contributed by atoms with van der Waals surface area (Å²) in [7, 11) is 0. The fourth-order valence-electron chi connectivity index (χ4n) is 1.81. The molecule has 3 nitrogen and oxygen atoms in total. The van der Waals surface area contributed by atoms with E-state index in [1.165, 1.54) is 6.07 Å². The maximum atomic E-state index is 11.3. The predicted octanol–water partition coefficient (Wildman–Crippen LogP) is 3.57. The number of hydrogen-bond donors (Lipinski definition) is 1. The quantitative estimate of drug-likeness (QED) is 0.862. The Hall–Kier alpha value is -1.74. The summed E-state index contributed by atoms with van der Waals surface area (Å²) >= 11 is 6.06. The van der Waals surface area contributed by atoms with Crippen molar-refractivity contribution in [2.45, 2.75) is 19.8 Å². The smallest absolute Gasteiger partial charge is 0.336 e. The van der Waals surface area contributed by atoms with Crippen LogP contribution >= 0.6 is 11.6 Å². The second kappa shape index (κ2) is 5.27. The molecule has 18 heavy (non-hydrogen) atoms. The third-order valence-electron chi connectivity index (χ3n) is 2.64. The Bertz CT molecular complexity index is 656. The van der Waals surface area contributed by atoms with Crippen molar-refractivity contribution in [3.63, 3.8) is 0 Å². The van der Waals surface area contributed by atoms with Gasteiger partial charge in [0, 0.05) is 28.5 Å². The van der Waals surface area contributed by atoms with Crippen molar-refractivity contribution in [2.75, 3.05) is 0 Å². The number of phenolic OH excluding ortho intramolecular Hbond substituents is 1. The highest BCUT2D eigenvalue weighted by molar-refractivity contribution is 6.29. The van der Waals surface area contributed by atoms with Crippen LogP contribution in [0.4, 0.5) is 0 Å². The van der Waals surface area contributed by atoms with Gasteiger partial charge in [-0.25, -0.2) is 4.79 Å². The van der Waals surface area contributed by atoms with Gasteiger partial charge >= 0.3 is 5.63 Å². The average molecular weight is 265 g/mol. The first kappa shape index (κ1) is 12.7. The van der Waals surface area contributed by atoms with E-state index in [4.69, 9.17) is 16.0 Å². The summed E-state index contributed by atoms with van der Waals surface area (Å²) in [5, 5.41) is 11.3. The summed E-state index contributed by atoms with van der Waals surface area (Å²) in [4.78, 5) is 11.3. The summed E-state index contributed by atoms with van der Waals surface area (Å²) in [6.45, 7) is 1.98. The minimum atomic E-state index is -0.440. The van der Waals surface area contributed by atoms with Crippen LogP contribution in [0.5, 0.6) is 5.75 Å². The van der Waals surface area contributed by atoms with Gasteiger partial charge in [-0.1, -0.05) is 24.6 Å². The number of hydrogen-bond acceptors (Lipinski definition) is 3. The van der Waals surface area contributed by atoms with Crippen molar-refractivity contribution in [2.24, 2.45) is 0 Å². The predicted molar refractivity (Wildman–Crippen MR) is 72.1 cm³/mol. The standard InChI is InChI=1S/C14H13ClO3/c1-2-3-10(15)8-11-12(16)6-4-9-5-7-13(17)18-14(9)11/h3-7,16H,2,8H2,1H3. The van der Waals surface area contributed by atoms with Crippen molar-refractivity contribution in [1.29, 1.82) is 0 Å². The lowest BCUT2D eigenvalue weighted by Crippen LogP contribution is -1.97. The summed E-state index contributed by atoms with van der Waals surface area (Å²) in [5.74, 6) is 0.0829. The number of allylic oxidation sites excluding steroid dienone is 2. The van der Waals surface area contributed by atoms with Crippen molar-refractivity contribution in [3.05, 3.63) is 51.4 Å². The van der Waals surface area contributed by atoms with Crippen LogP contribution in [0, 0.1) is 0 Å². The van der Waals surface area contributed by atoms with Crippen LogP contribution in [-0.4, -0.2) is 5.11 Å². The molecular weight excluding hydrogens is 252 g/mol.